The van der Waals surface area contributed by atoms with Gasteiger partial charge in [0.25, 0.3) is 0 Å². The number of anilines is 1. The van der Waals surface area contributed by atoms with Crippen LogP contribution < -0.4 is 10.6 Å². The van der Waals surface area contributed by atoms with Crippen LogP contribution in [0, 0.1) is 0 Å². The van der Waals surface area contributed by atoms with Crippen LogP contribution in [0.4, 0.5) is 5.69 Å². The zero-order valence-corrected chi connectivity index (χ0v) is 15.8. The number of sulfone groups is 1. The lowest BCUT2D eigenvalue weighted by atomic mass is 10.1. The van der Waals surface area contributed by atoms with E-state index >= 15 is 0 Å². The topological polar surface area (TPSA) is 87.6 Å². The normalized spacial score (nSPS) is 23.8. The van der Waals surface area contributed by atoms with Crippen molar-refractivity contribution in [3.8, 4) is 0 Å². The van der Waals surface area contributed by atoms with Crippen molar-refractivity contribution >= 4 is 38.4 Å². The van der Waals surface area contributed by atoms with Crippen LogP contribution in [0.25, 0.3) is 0 Å². The third-order valence-corrected chi connectivity index (χ3v) is 7.38. The summed E-state index contributed by atoms with van der Waals surface area (Å²) in [6, 6.07) is 7.56. The first kappa shape index (κ1) is 18.3. The average Bonchev–Trinajstić information content (AvgIpc) is 3.02. The molecule has 0 saturated carbocycles. The van der Waals surface area contributed by atoms with E-state index in [1.165, 1.54) is 11.8 Å². The number of carbonyl (C=O) groups is 1. The van der Waals surface area contributed by atoms with E-state index in [2.05, 4.69) is 22.5 Å². The fraction of sp³-hybridized carbons (Fsp3) is 0.529. The van der Waals surface area contributed by atoms with Gasteiger partial charge in [-0.25, -0.2) is 8.42 Å². The van der Waals surface area contributed by atoms with Crippen LogP contribution in [0.1, 0.15) is 25.3 Å². The molecule has 1 amide bonds. The molecule has 0 aliphatic carbocycles. The van der Waals surface area contributed by atoms with E-state index in [1.807, 2.05) is 24.3 Å². The van der Waals surface area contributed by atoms with Crippen LogP contribution in [0.15, 0.2) is 29.3 Å². The summed E-state index contributed by atoms with van der Waals surface area (Å²) in [5.41, 5.74) is 1.85. The van der Waals surface area contributed by atoms with Crippen molar-refractivity contribution in [1.29, 1.82) is 0 Å². The third-order valence-electron chi connectivity index (χ3n) is 4.24. The van der Waals surface area contributed by atoms with E-state index in [1.54, 1.807) is 0 Å². The van der Waals surface area contributed by atoms with Crippen LogP contribution in [0.2, 0.25) is 0 Å². The third kappa shape index (κ3) is 4.98. The zero-order valence-electron chi connectivity index (χ0n) is 14.2. The van der Waals surface area contributed by atoms with Crippen LogP contribution in [0.5, 0.6) is 0 Å². The summed E-state index contributed by atoms with van der Waals surface area (Å²) in [6.07, 6.45) is 2.44. The largest absolute Gasteiger partial charge is 0.356 e. The van der Waals surface area contributed by atoms with E-state index in [9.17, 15) is 13.2 Å². The number of aliphatic imine (C=N–C) groups is 1. The SMILES string of the molecule is CCCCNC(=O)Cc1ccc(NC2=NC3CS(=O)(=O)CC3S2)cc1. The van der Waals surface area contributed by atoms with Gasteiger partial charge >= 0.3 is 0 Å². The molecule has 0 bridgehead atoms. The quantitative estimate of drug-likeness (QED) is 0.734. The highest BCUT2D eigenvalue weighted by molar-refractivity contribution is 8.15. The number of unbranched alkanes of at least 4 members (excludes halogenated alkanes) is 1. The van der Waals surface area contributed by atoms with Gasteiger partial charge in [-0.15, -0.1) is 0 Å². The summed E-state index contributed by atoms with van der Waals surface area (Å²) in [4.78, 5) is 16.3. The number of hydrogen-bond acceptors (Lipinski definition) is 6. The van der Waals surface area contributed by atoms with Crippen LogP contribution >= 0.6 is 11.8 Å². The van der Waals surface area contributed by atoms with Gasteiger partial charge in [-0.2, -0.15) is 0 Å². The summed E-state index contributed by atoms with van der Waals surface area (Å²) in [5, 5.41) is 6.96. The first-order valence-electron chi connectivity index (χ1n) is 8.53. The lowest BCUT2D eigenvalue weighted by Gasteiger charge is -2.08. The number of hydrogen-bond donors (Lipinski definition) is 2. The highest BCUT2D eigenvalue weighted by Crippen LogP contribution is 2.34. The maximum atomic E-state index is 11.8. The predicted molar refractivity (Wildman–Crippen MR) is 103 cm³/mol. The Kier molecular flexibility index (Phi) is 5.68. The van der Waals surface area contributed by atoms with Crippen molar-refractivity contribution in [3.05, 3.63) is 29.8 Å². The monoisotopic (exact) mass is 381 g/mol. The molecular formula is C17H23N3O3S2. The summed E-state index contributed by atoms with van der Waals surface area (Å²) in [5.74, 6) is 0.407. The van der Waals surface area contributed by atoms with Crippen LogP contribution in [-0.2, 0) is 21.1 Å². The number of fused-ring (bicyclic) bond motifs is 1. The van der Waals surface area contributed by atoms with E-state index in [4.69, 9.17) is 0 Å². The van der Waals surface area contributed by atoms with Gasteiger partial charge in [0.2, 0.25) is 5.91 Å². The summed E-state index contributed by atoms with van der Waals surface area (Å²) < 4.78 is 23.2. The van der Waals surface area contributed by atoms with E-state index < -0.39 is 9.84 Å². The standard InChI is InChI=1S/C17H23N3O3S2/c1-2-3-8-18-16(21)9-12-4-6-13(7-5-12)19-17-20-14-10-25(22,23)11-15(14)24-17/h4-7,14-15H,2-3,8-11H2,1H3,(H,18,21)(H,19,20). The molecule has 25 heavy (non-hydrogen) atoms. The predicted octanol–water partition coefficient (Wildman–Crippen LogP) is 1.83. The zero-order chi connectivity index (χ0) is 17.9. The molecule has 8 heteroatoms. The van der Waals surface area contributed by atoms with E-state index in [0.29, 0.717) is 6.42 Å². The molecule has 3 rings (SSSR count). The van der Waals surface area contributed by atoms with Gasteiger partial charge in [0.05, 0.1) is 24.0 Å². The van der Waals surface area contributed by atoms with Gasteiger partial charge < -0.3 is 10.6 Å². The maximum absolute atomic E-state index is 11.8. The molecule has 2 aliphatic rings. The Morgan fingerprint density at radius 1 is 1.28 bits per heavy atom. The molecule has 136 valence electrons. The van der Waals surface area contributed by atoms with Crippen molar-refractivity contribution in [3.63, 3.8) is 0 Å². The Morgan fingerprint density at radius 2 is 2.04 bits per heavy atom. The number of carbonyl (C=O) groups excluding carboxylic acids is 1. The van der Waals surface area contributed by atoms with E-state index in [-0.39, 0.29) is 28.7 Å². The van der Waals surface area contributed by atoms with Crippen molar-refractivity contribution < 1.29 is 13.2 Å². The van der Waals surface area contributed by atoms with Gasteiger partial charge in [0.15, 0.2) is 15.0 Å². The van der Waals surface area contributed by atoms with Gasteiger partial charge in [0, 0.05) is 17.5 Å². The highest BCUT2D eigenvalue weighted by atomic mass is 32.2. The fourth-order valence-corrected chi connectivity index (χ4v) is 6.57. The second kappa shape index (κ2) is 7.78. The molecule has 2 heterocycles. The Morgan fingerprint density at radius 3 is 2.72 bits per heavy atom. The number of thioether (sulfide) groups is 1. The molecule has 2 aliphatic heterocycles. The molecule has 1 aromatic carbocycles. The Hall–Kier alpha value is -1.54. The number of nitrogens with zero attached hydrogens (tertiary/aromatic N) is 1. The molecular weight excluding hydrogens is 358 g/mol. The van der Waals surface area contributed by atoms with Crippen molar-refractivity contribution in [1.82, 2.24) is 5.32 Å². The Bertz CT molecular complexity index is 760. The number of nitrogens with one attached hydrogen (secondary N) is 2. The molecule has 1 aromatic rings. The molecule has 1 fully saturated rings. The second-order valence-electron chi connectivity index (χ2n) is 6.44. The van der Waals surface area contributed by atoms with Crippen LogP contribution in [0.3, 0.4) is 0 Å². The van der Waals surface area contributed by atoms with E-state index in [0.717, 1.165) is 35.8 Å². The highest BCUT2D eigenvalue weighted by Gasteiger charge is 2.42. The number of benzene rings is 1. The Labute approximate surface area is 152 Å². The molecule has 2 unspecified atom stereocenters. The molecule has 0 radical (unpaired) electrons. The summed E-state index contributed by atoms with van der Waals surface area (Å²) >= 11 is 1.50. The molecule has 1 saturated heterocycles. The number of amides is 1. The van der Waals surface area contributed by atoms with Crippen LogP contribution in [-0.4, -0.2) is 48.8 Å². The minimum absolute atomic E-state index is 0.0404. The summed E-state index contributed by atoms with van der Waals surface area (Å²) in [7, 11) is -2.92. The smallest absolute Gasteiger partial charge is 0.224 e. The lowest BCUT2D eigenvalue weighted by molar-refractivity contribution is -0.120. The molecule has 2 N–H and O–H groups in total. The number of amidine groups is 1. The number of rotatable bonds is 6. The second-order valence-corrected chi connectivity index (χ2v) is 9.82. The molecule has 0 spiro atoms. The van der Waals surface area contributed by atoms with Crippen molar-refractivity contribution in [2.75, 3.05) is 23.4 Å². The molecule has 6 nitrogen and oxygen atoms in total. The molecule has 0 aromatic heterocycles. The minimum Gasteiger partial charge on any atom is -0.356 e. The summed E-state index contributed by atoms with van der Waals surface area (Å²) in [6.45, 7) is 2.82. The van der Waals surface area contributed by atoms with Gasteiger partial charge in [-0.05, 0) is 24.1 Å². The Balaban J connectivity index is 1.51. The minimum atomic E-state index is -2.92. The van der Waals surface area contributed by atoms with Gasteiger partial charge in [0.1, 0.15) is 0 Å². The fourth-order valence-electron chi connectivity index (χ4n) is 2.90. The van der Waals surface area contributed by atoms with Gasteiger partial charge in [-0.3, -0.25) is 9.79 Å². The average molecular weight is 382 g/mol. The lowest BCUT2D eigenvalue weighted by Crippen LogP contribution is -2.25. The molecule has 2 atom stereocenters. The maximum Gasteiger partial charge on any atom is 0.224 e. The first-order valence-corrected chi connectivity index (χ1v) is 11.2. The first-order chi connectivity index (χ1) is 11.9. The van der Waals surface area contributed by atoms with Crippen molar-refractivity contribution in [2.45, 2.75) is 37.5 Å². The van der Waals surface area contributed by atoms with Gasteiger partial charge in [-0.1, -0.05) is 37.2 Å². The van der Waals surface area contributed by atoms with Crippen molar-refractivity contribution in [2.24, 2.45) is 4.99 Å².